The zero-order valence-corrected chi connectivity index (χ0v) is 12.9. The zero-order valence-electron chi connectivity index (χ0n) is 11.3. The number of pyridine rings is 1. The normalized spacial score (nSPS) is 17.6. The molecule has 0 bridgehead atoms. The van der Waals surface area contributed by atoms with Gasteiger partial charge < -0.3 is 10.1 Å². The van der Waals surface area contributed by atoms with Gasteiger partial charge in [-0.3, -0.25) is 4.79 Å². The Hall–Kier alpha value is -1.72. The van der Waals surface area contributed by atoms with E-state index in [1.165, 1.54) is 0 Å². The monoisotopic (exact) mass is 320 g/mol. The van der Waals surface area contributed by atoms with Crippen LogP contribution in [0.15, 0.2) is 36.5 Å². The van der Waals surface area contributed by atoms with Crippen LogP contribution in [0.5, 0.6) is 5.75 Å². The van der Waals surface area contributed by atoms with Crippen molar-refractivity contribution in [1.82, 2.24) is 4.98 Å². The molecule has 21 heavy (non-hydrogen) atoms. The van der Waals surface area contributed by atoms with Crippen molar-refractivity contribution in [2.45, 2.75) is 5.25 Å². The van der Waals surface area contributed by atoms with Gasteiger partial charge in [0, 0.05) is 11.8 Å². The number of fused-ring (bicyclic) bond motifs is 1. The molecule has 1 aliphatic heterocycles. The highest BCUT2D eigenvalue weighted by atomic mass is 35.5. The Bertz CT molecular complexity index is 676. The Labute approximate surface area is 131 Å². The number of nitrogens with one attached hydrogen (secondary N) is 1. The number of methoxy groups -OCH3 is 1. The summed E-state index contributed by atoms with van der Waals surface area (Å²) in [5.41, 5.74) is 2.01. The van der Waals surface area contributed by atoms with Crippen molar-refractivity contribution in [3.8, 4) is 5.75 Å². The fourth-order valence-corrected chi connectivity index (χ4v) is 3.50. The molecule has 0 aliphatic carbocycles. The molecule has 1 aliphatic rings. The standard InChI is InChI=1S/C15H13ClN2O2S/c1-20-11-4-2-9(3-5-11)14-12-6-10(16)7-17-15(12)18-13(19)8-21-14/h2-7,14H,8H2,1H3,(H,17,18,19). The van der Waals surface area contributed by atoms with Gasteiger partial charge in [0.15, 0.2) is 0 Å². The second-order valence-electron chi connectivity index (χ2n) is 4.60. The number of aromatic nitrogens is 1. The molecule has 0 spiro atoms. The van der Waals surface area contributed by atoms with Crippen LogP contribution < -0.4 is 10.1 Å². The molecule has 1 aromatic carbocycles. The Balaban J connectivity index is 2.05. The summed E-state index contributed by atoms with van der Waals surface area (Å²) in [6, 6.07) is 9.67. The summed E-state index contributed by atoms with van der Waals surface area (Å²) < 4.78 is 5.18. The third kappa shape index (κ3) is 2.99. The zero-order chi connectivity index (χ0) is 14.8. The van der Waals surface area contributed by atoms with Crippen molar-refractivity contribution < 1.29 is 9.53 Å². The highest BCUT2D eigenvalue weighted by Crippen LogP contribution is 2.41. The maximum atomic E-state index is 11.8. The smallest absolute Gasteiger partial charge is 0.235 e. The number of anilines is 1. The highest BCUT2D eigenvalue weighted by Gasteiger charge is 2.25. The summed E-state index contributed by atoms with van der Waals surface area (Å²) in [5, 5.41) is 3.39. The van der Waals surface area contributed by atoms with E-state index in [9.17, 15) is 4.79 Å². The lowest BCUT2D eigenvalue weighted by Crippen LogP contribution is -2.13. The van der Waals surface area contributed by atoms with Gasteiger partial charge in [0.25, 0.3) is 0 Å². The average molecular weight is 321 g/mol. The maximum absolute atomic E-state index is 11.8. The van der Waals surface area contributed by atoms with E-state index in [4.69, 9.17) is 16.3 Å². The minimum Gasteiger partial charge on any atom is -0.497 e. The van der Waals surface area contributed by atoms with Crippen LogP contribution >= 0.6 is 23.4 Å². The second kappa shape index (κ2) is 5.95. The van der Waals surface area contributed by atoms with Crippen molar-refractivity contribution in [1.29, 1.82) is 0 Å². The molecule has 2 heterocycles. The Morgan fingerprint density at radius 3 is 2.86 bits per heavy atom. The van der Waals surface area contributed by atoms with Gasteiger partial charge in [0.05, 0.1) is 23.1 Å². The summed E-state index contributed by atoms with van der Waals surface area (Å²) >= 11 is 7.62. The highest BCUT2D eigenvalue weighted by molar-refractivity contribution is 8.00. The first-order valence-corrected chi connectivity index (χ1v) is 7.81. The van der Waals surface area contributed by atoms with Crippen LogP contribution in [0.2, 0.25) is 5.02 Å². The van der Waals surface area contributed by atoms with Crippen LogP contribution in [-0.2, 0) is 4.79 Å². The number of hydrogen-bond donors (Lipinski definition) is 1. The molecule has 1 N–H and O–H groups in total. The number of carbonyl (C=O) groups is 1. The van der Waals surface area contributed by atoms with Crippen LogP contribution in [0.1, 0.15) is 16.4 Å². The summed E-state index contributed by atoms with van der Waals surface area (Å²) in [6.07, 6.45) is 1.54. The van der Waals surface area contributed by atoms with E-state index < -0.39 is 0 Å². The molecule has 1 unspecified atom stereocenters. The molecule has 0 fully saturated rings. The van der Waals surface area contributed by atoms with E-state index in [1.54, 1.807) is 25.1 Å². The van der Waals surface area contributed by atoms with Crippen molar-refractivity contribution >= 4 is 35.1 Å². The minimum atomic E-state index is -0.0490. The van der Waals surface area contributed by atoms with Gasteiger partial charge in [-0.25, -0.2) is 4.98 Å². The van der Waals surface area contributed by atoms with E-state index in [0.29, 0.717) is 16.6 Å². The first-order chi connectivity index (χ1) is 10.2. The van der Waals surface area contributed by atoms with Gasteiger partial charge in [-0.05, 0) is 23.8 Å². The number of halogens is 1. The van der Waals surface area contributed by atoms with Gasteiger partial charge in [-0.2, -0.15) is 0 Å². The minimum absolute atomic E-state index is 0.0102. The van der Waals surface area contributed by atoms with Crippen molar-refractivity contribution in [3.05, 3.63) is 52.7 Å². The third-order valence-corrected chi connectivity index (χ3v) is 4.72. The Kier molecular flexibility index (Phi) is 4.03. The molecule has 1 aromatic heterocycles. The number of ether oxygens (including phenoxy) is 1. The second-order valence-corrected chi connectivity index (χ2v) is 6.13. The van der Waals surface area contributed by atoms with E-state index >= 15 is 0 Å². The topological polar surface area (TPSA) is 51.2 Å². The maximum Gasteiger partial charge on any atom is 0.235 e. The van der Waals surface area contributed by atoms with Gasteiger partial charge in [-0.15, -0.1) is 11.8 Å². The lowest BCUT2D eigenvalue weighted by Gasteiger charge is -2.17. The van der Waals surface area contributed by atoms with Crippen molar-refractivity contribution in [3.63, 3.8) is 0 Å². The molecule has 0 radical (unpaired) electrons. The van der Waals surface area contributed by atoms with E-state index in [-0.39, 0.29) is 11.2 Å². The Morgan fingerprint density at radius 2 is 2.14 bits per heavy atom. The number of amides is 1. The molecule has 6 heteroatoms. The summed E-state index contributed by atoms with van der Waals surface area (Å²) in [7, 11) is 1.64. The molecule has 1 amide bonds. The van der Waals surface area contributed by atoms with Crippen molar-refractivity contribution in [2.24, 2.45) is 0 Å². The Morgan fingerprint density at radius 1 is 1.38 bits per heavy atom. The molecule has 4 nitrogen and oxygen atoms in total. The molecule has 108 valence electrons. The number of nitrogens with zero attached hydrogens (tertiary/aromatic N) is 1. The fraction of sp³-hybridized carbons (Fsp3) is 0.200. The van der Waals surface area contributed by atoms with Gasteiger partial charge >= 0.3 is 0 Å². The van der Waals surface area contributed by atoms with Crippen LogP contribution in [0.3, 0.4) is 0 Å². The van der Waals surface area contributed by atoms with Crippen LogP contribution in [0, 0.1) is 0 Å². The van der Waals surface area contributed by atoms with Gasteiger partial charge in [0.1, 0.15) is 11.6 Å². The summed E-state index contributed by atoms with van der Waals surface area (Å²) in [4.78, 5) is 16.0. The SMILES string of the molecule is COc1ccc(C2SCC(=O)Nc3ncc(Cl)cc32)cc1. The van der Waals surface area contributed by atoms with Crippen LogP contribution in [0.25, 0.3) is 0 Å². The molecule has 1 atom stereocenters. The van der Waals surface area contributed by atoms with Crippen molar-refractivity contribution in [2.75, 3.05) is 18.2 Å². The summed E-state index contributed by atoms with van der Waals surface area (Å²) in [6.45, 7) is 0. The molecular weight excluding hydrogens is 308 g/mol. The van der Waals surface area contributed by atoms with Gasteiger partial charge in [-0.1, -0.05) is 23.7 Å². The van der Waals surface area contributed by atoms with Crippen LogP contribution in [0.4, 0.5) is 5.82 Å². The van der Waals surface area contributed by atoms with Crippen LogP contribution in [-0.4, -0.2) is 23.8 Å². The molecule has 0 saturated carbocycles. The number of hydrogen-bond acceptors (Lipinski definition) is 4. The van der Waals surface area contributed by atoms with E-state index in [1.807, 2.05) is 30.3 Å². The summed E-state index contributed by atoms with van der Waals surface area (Å²) in [5.74, 6) is 1.71. The van der Waals surface area contributed by atoms with Gasteiger partial charge in [0.2, 0.25) is 5.91 Å². The predicted octanol–water partition coefficient (Wildman–Crippen LogP) is 3.52. The number of carbonyl (C=O) groups excluding carboxylic acids is 1. The fourth-order valence-electron chi connectivity index (χ4n) is 2.23. The largest absolute Gasteiger partial charge is 0.497 e. The molecule has 0 saturated heterocycles. The lowest BCUT2D eigenvalue weighted by molar-refractivity contribution is -0.113. The number of thioether (sulfide) groups is 1. The van der Waals surface area contributed by atoms with E-state index in [0.717, 1.165) is 16.9 Å². The first-order valence-electron chi connectivity index (χ1n) is 6.38. The quantitative estimate of drug-likeness (QED) is 0.920. The predicted molar refractivity (Wildman–Crippen MR) is 85.2 cm³/mol. The molecule has 3 rings (SSSR count). The average Bonchev–Trinajstić information content (AvgIpc) is 2.66. The van der Waals surface area contributed by atoms with E-state index in [2.05, 4.69) is 10.3 Å². The number of benzene rings is 1. The molecular formula is C15H13ClN2O2S. The first kappa shape index (κ1) is 14.2. The lowest BCUT2D eigenvalue weighted by atomic mass is 10.0. The number of rotatable bonds is 2. The third-order valence-electron chi connectivity index (χ3n) is 3.22. The molecule has 2 aromatic rings.